The number of thiocarbonyl (C=S) groups is 1. The molecule has 1 aromatic carbocycles. The molecule has 1 saturated carbocycles. The van der Waals surface area contributed by atoms with Crippen LogP contribution in [0.1, 0.15) is 51.9 Å². The van der Waals surface area contributed by atoms with E-state index >= 15 is 0 Å². The van der Waals surface area contributed by atoms with Crippen molar-refractivity contribution >= 4 is 29.1 Å². The van der Waals surface area contributed by atoms with Gasteiger partial charge in [-0.1, -0.05) is 44.4 Å². The van der Waals surface area contributed by atoms with E-state index in [1.165, 1.54) is 32.1 Å². The van der Waals surface area contributed by atoms with Crippen LogP contribution in [0.25, 0.3) is 0 Å². The van der Waals surface area contributed by atoms with Crippen molar-refractivity contribution in [1.29, 1.82) is 0 Å². The van der Waals surface area contributed by atoms with Gasteiger partial charge in [0, 0.05) is 25.2 Å². The number of anilines is 2. The molecule has 0 unspecified atom stereocenters. The largest absolute Gasteiger partial charge is 0.439 e. The summed E-state index contributed by atoms with van der Waals surface area (Å²) in [5.74, 6) is 3.28. The summed E-state index contributed by atoms with van der Waals surface area (Å²) in [5.41, 5.74) is 0. The predicted molar refractivity (Wildman–Crippen MR) is 125 cm³/mol. The smallest absolute Gasteiger partial charge is 0.234 e. The normalized spacial score (nSPS) is 19.9. The average molecular weight is 426 g/mol. The zero-order chi connectivity index (χ0) is 20.8. The number of benzene rings is 1. The Labute approximate surface area is 184 Å². The summed E-state index contributed by atoms with van der Waals surface area (Å²) in [5, 5.41) is 7.21. The number of nitrogens with zero attached hydrogens (tertiary/aromatic N) is 3. The third-order valence-electron chi connectivity index (χ3n) is 5.80. The maximum atomic E-state index is 6.03. The van der Waals surface area contributed by atoms with Crippen molar-refractivity contribution in [3.05, 3.63) is 36.4 Å². The van der Waals surface area contributed by atoms with E-state index in [4.69, 9.17) is 21.9 Å². The molecule has 4 rings (SSSR count). The van der Waals surface area contributed by atoms with Crippen LogP contribution in [0.2, 0.25) is 0 Å². The number of hydrogen-bond acceptors (Lipinski definition) is 5. The molecule has 6 nitrogen and oxygen atoms in total. The van der Waals surface area contributed by atoms with Crippen molar-refractivity contribution in [1.82, 2.24) is 15.3 Å². The molecule has 1 aliphatic heterocycles. The summed E-state index contributed by atoms with van der Waals surface area (Å²) in [7, 11) is 0. The molecular formula is C23H31N5OS. The quantitative estimate of drug-likeness (QED) is 0.644. The molecule has 1 atom stereocenters. The minimum atomic E-state index is 0.435. The zero-order valence-corrected chi connectivity index (χ0v) is 18.5. The van der Waals surface area contributed by atoms with Crippen LogP contribution in [-0.2, 0) is 0 Å². The third kappa shape index (κ3) is 5.81. The molecule has 2 N–H and O–H groups in total. The summed E-state index contributed by atoms with van der Waals surface area (Å²) in [4.78, 5) is 11.7. The second-order valence-corrected chi connectivity index (χ2v) is 8.84. The number of para-hydroxylation sites is 1. The second-order valence-electron chi connectivity index (χ2n) is 8.43. The molecule has 1 aromatic heterocycles. The van der Waals surface area contributed by atoms with Gasteiger partial charge in [0.1, 0.15) is 11.6 Å². The minimum Gasteiger partial charge on any atom is -0.439 e. The molecule has 0 radical (unpaired) electrons. The zero-order valence-electron chi connectivity index (χ0n) is 17.6. The van der Waals surface area contributed by atoms with Gasteiger partial charge in [-0.3, -0.25) is 0 Å². The second kappa shape index (κ2) is 10.1. The summed E-state index contributed by atoms with van der Waals surface area (Å²) in [6, 6.07) is 12.1. The number of aromatic nitrogens is 2. The highest BCUT2D eigenvalue weighted by molar-refractivity contribution is 7.80. The Kier molecular flexibility index (Phi) is 7.00. The van der Waals surface area contributed by atoms with Gasteiger partial charge >= 0.3 is 0 Å². The molecule has 30 heavy (non-hydrogen) atoms. The van der Waals surface area contributed by atoms with Crippen LogP contribution in [-0.4, -0.2) is 34.2 Å². The van der Waals surface area contributed by atoms with Gasteiger partial charge in [0.05, 0.1) is 0 Å². The molecule has 0 spiro atoms. The van der Waals surface area contributed by atoms with E-state index in [9.17, 15) is 0 Å². The Morgan fingerprint density at radius 1 is 1.07 bits per heavy atom. The molecule has 0 amide bonds. The lowest BCUT2D eigenvalue weighted by atomic mass is 9.96. The van der Waals surface area contributed by atoms with E-state index in [0.29, 0.717) is 28.9 Å². The van der Waals surface area contributed by atoms with Crippen LogP contribution in [0.3, 0.4) is 0 Å². The third-order valence-corrected chi connectivity index (χ3v) is 6.02. The van der Waals surface area contributed by atoms with E-state index in [0.717, 1.165) is 37.5 Å². The first-order valence-electron chi connectivity index (χ1n) is 11.1. The molecule has 2 heterocycles. The molecular weight excluding hydrogens is 394 g/mol. The Morgan fingerprint density at radius 2 is 1.87 bits per heavy atom. The van der Waals surface area contributed by atoms with Gasteiger partial charge in [0.2, 0.25) is 11.8 Å². The van der Waals surface area contributed by atoms with Gasteiger partial charge in [-0.2, -0.15) is 9.97 Å². The van der Waals surface area contributed by atoms with Gasteiger partial charge < -0.3 is 20.3 Å². The summed E-state index contributed by atoms with van der Waals surface area (Å²) < 4.78 is 6.03. The lowest BCUT2D eigenvalue weighted by molar-refractivity contribution is 0.414. The molecule has 160 valence electrons. The summed E-state index contributed by atoms with van der Waals surface area (Å²) in [6.07, 6.45) is 8.59. The van der Waals surface area contributed by atoms with E-state index in [1.54, 1.807) is 0 Å². The molecule has 1 aliphatic carbocycles. The topological polar surface area (TPSA) is 62.3 Å². The Bertz CT molecular complexity index is 841. The highest BCUT2D eigenvalue weighted by Gasteiger charge is 2.20. The number of hydrogen-bond donors (Lipinski definition) is 2. The van der Waals surface area contributed by atoms with Crippen molar-refractivity contribution < 1.29 is 4.74 Å². The average Bonchev–Trinajstić information content (AvgIpc) is 2.75. The van der Waals surface area contributed by atoms with Crippen molar-refractivity contribution in [3.8, 4) is 11.6 Å². The first kappa shape index (κ1) is 20.8. The van der Waals surface area contributed by atoms with Crippen molar-refractivity contribution in [2.24, 2.45) is 5.92 Å². The van der Waals surface area contributed by atoms with E-state index < -0.39 is 0 Å². The van der Waals surface area contributed by atoms with Gasteiger partial charge in [-0.25, -0.2) is 0 Å². The van der Waals surface area contributed by atoms with Gasteiger partial charge in [0.25, 0.3) is 0 Å². The number of nitrogens with one attached hydrogen (secondary N) is 2. The first-order chi connectivity index (χ1) is 14.7. The molecule has 2 fully saturated rings. The predicted octanol–water partition coefficient (Wildman–Crippen LogP) is 5.12. The Hall–Kier alpha value is -2.41. The van der Waals surface area contributed by atoms with Crippen LogP contribution in [0.15, 0.2) is 36.4 Å². The van der Waals surface area contributed by atoms with Crippen molar-refractivity contribution in [2.45, 2.75) is 57.9 Å². The van der Waals surface area contributed by atoms with E-state index in [1.807, 2.05) is 36.4 Å². The maximum absolute atomic E-state index is 6.03. The fourth-order valence-electron chi connectivity index (χ4n) is 4.26. The van der Waals surface area contributed by atoms with E-state index in [2.05, 4.69) is 27.4 Å². The highest BCUT2D eigenvalue weighted by atomic mass is 32.1. The maximum Gasteiger partial charge on any atom is 0.234 e. The van der Waals surface area contributed by atoms with Gasteiger partial charge in [0.15, 0.2) is 5.11 Å². The standard InChI is InChI=1S/C23H31N5OS/c1-17-9-8-14-28(16-17)20-15-21(29-19-12-6-3-7-13-19)26-22(25-20)27-23(30)24-18-10-4-2-5-11-18/h3,6-7,12-13,15,17-18H,2,4-5,8-11,14,16H2,1H3,(H2,24,25,26,27,30)/t17-/m0/s1. The van der Waals surface area contributed by atoms with Gasteiger partial charge in [-0.15, -0.1) is 0 Å². The number of ether oxygens (including phenoxy) is 1. The lowest BCUT2D eigenvalue weighted by Gasteiger charge is -2.32. The Morgan fingerprint density at radius 3 is 2.63 bits per heavy atom. The Balaban J connectivity index is 1.52. The summed E-state index contributed by atoms with van der Waals surface area (Å²) >= 11 is 5.55. The molecule has 2 aromatic rings. The van der Waals surface area contributed by atoms with Crippen LogP contribution in [0.4, 0.5) is 11.8 Å². The molecule has 0 bridgehead atoms. The number of rotatable bonds is 5. The molecule has 7 heteroatoms. The fraction of sp³-hybridized carbons (Fsp3) is 0.522. The first-order valence-corrected chi connectivity index (χ1v) is 11.5. The number of piperidine rings is 1. The monoisotopic (exact) mass is 425 g/mol. The fourth-order valence-corrected chi connectivity index (χ4v) is 4.52. The van der Waals surface area contributed by atoms with Crippen LogP contribution in [0, 0.1) is 5.92 Å². The van der Waals surface area contributed by atoms with Crippen LogP contribution >= 0.6 is 12.2 Å². The SMILES string of the molecule is C[C@H]1CCCN(c2cc(Oc3ccccc3)nc(NC(=S)NC3CCCCC3)n2)C1. The van der Waals surface area contributed by atoms with Crippen LogP contribution < -0.4 is 20.3 Å². The van der Waals surface area contributed by atoms with Crippen molar-refractivity contribution in [3.63, 3.8) is 0 Å². The van der Waals surface area contributed by atoms with Gasteiger partial charge in [-0.05, 0) is 56.0 Å². The minimum absolute atomic E-state index is 0.435. The van der Waals surface area contributed by atoms with Crippen molar-refractivity contribution in [2.75, 3.05) is 23.3 Å². The van der Waals surface area contributed by atoms with E-state index in [-0.39, 0.29) is 0 Å². The highest BCUT2D eigenvalue weighted by Crippen LogP contribution is 2.28. The van der Waals surface area contributed by atoms with Crippen LogP contribution in [0.5, 0.6) is 11.6 Å². The molecule has 2 aliphatic rings. The molecule has 1 saturated heterocycles. The summed E-state index contributed by atoms with van der Waals surface area (Å²) in [6.45, 7) is 4.28. The lowest BCUT2D eigenvalue weighted by Crippen LogP contribution is -2.39.